The molecule has 0 saturated carbocycles. The monoisotopic (exact) mass is 506 g/mol. The Morgan fingerprint density at radius 3 is 2.33 bits per heavy atom. The first-order chi connectivity index (χ1) is 15.8. The molecule has 1 heterocycles. The van der Waals surface area contributed by atoms with Crippen molar-refractivity contribution in [1.82, 2.24) is 4.90 Å². The Bertz CT molecular complexity index is 943. The van der Waals surface area contributed by atoms with Crippen molar-refractivity contribution in [3.8, 4) is 0 Å². The van der Waals surface area contributed by atoms with Gasteiger partial charge in [0.05, 0.1) is 6.10 Å². The van der Waals surface area contributed by atoms with Crippen molar-refractivity contribution in [2.75, 3.05) is 19.6 Å². The fourth-order valence-corrected chi connectivity index (χ4v) is 5.33. The molecule has 1 aromatic carbocycles. The van der Waals surface area contributed by atoms with Crippen molar-refractivity contribution < 1.29 is 5.11 Å². The van der Waals surface area contributed by atoms with E-state index in [2.05, 4.69) is 30.9 Å². The number of hydrogen-bond donors (Lipinski definition) is 2. The van der Waals surface area contributed by atoms with Crippen molar-refractivity contribution in [3.63, 3.8) is 0 Å². The number of nitrogens with zero attached hydrogens (tertiary/aromatic N) is 2. The van der Waals surface area contributed by atoms with E-state index in [0.717, 1.165) is 71.8 Å². The number of dihydropyridines is 1. The first-order valence-corrected chi connectivity index (χ1v) is 13.2. The standard InChI is InChI=1S/C27H36Cl2N2OS/c1-4-6-12-31(13-7-5-2)18-26(32)23-16-22(15-20-8-10-21(28)11-9-20)30-27(33)17-25(29)19(3)14-24(23)27/h8-11,14,16,26,32-33H,4-7,12-13,15,17-18H2,1-3H3. The summed E-state index contributed by atoms with van der Waals surface area (Å²) in [5, 5.41) is 12.9. The Balaban J connectivity index is 1.92. The van der Waals surface area contributed by atoms with Crippen LogP contribution in [-0.2, 0) is 6.42 Å². The van der Waals surface area contributed by atoms with E-state index < -0.39 is 11.0 Å². The fourth-order valence-electron chi connectivity index (χ4n) is 4.38. The molecule has 2 aliphatic rings. The number of unbranched alkanes of at least 4 members (excludes halogenated alkanes) is 2. The average molecular weight is 508 g/mol. The van der Waals surface area contributed by atoms with Gasteiger partial charge >= 0.3 is 0 Å². The minimum Gasteiger partial charge on any atom is -0.387 e. The molecule has 0 aromatic heterocycles. The topological polar surface area (TPSA) is 35.8 Å². The van der Waals surface area contributed by atoms with Gasteiger partial charge in [-0.25, -0.2) is 0 Å². The molecule has 1 aliphatic carbocycles. The lowest BCUT2D eigenvalue weighted by atomic mass is 9.83. The van der Waals surface area contributed by atoms with Crippen molar-refractivity contribution in [3.05, 3.63) is 68.8 Å². The molecule has 0 amide bonds. The number of halogens is 2. The number of benzene rings is 1. The van der Waals surface area contributed by atoms with E-state index >= 15 is 0 Å². The van der Waals surface area contributed by atoms with Gasteiger partial charge in [-0.3, -0.25) is 4.99 Å². The highest BCUT2D eigenvalue weighted by atomic mass is 35.5. The van der Waals surface area contributed by atoms with Crippen LogP contribution in [0.1, 0.15) is 58.4 Å². The smallest absolute Gasteiger partial charge is 0.134 e. The molecule has 3 rings (SSSR count). The maximum absolute atomic E-state index is 11.5. The predicted molar refractivity (Wildman–Crippen MR) is 146 cm³/mol. The molecule has 0 bridgehead atoms. The normalized spacial score (nSPS) is 21.5. The molecule has 180 valence electrons. The van der Waals surface area contributed by atoms with Crippen LogP contribution >= 0.6 is 35.8 Å². The number of allylic oxidation sites excluding steroid dienone is 3. The third-order valence-electron chi connectivity index (χ3n) is 6.33. The molecule has 0 radical (unpaired) electrons. The molecule has 2 unspecified atom stereocenters. The van der Waals surface area contributed by atoms with Gasteiger partial charge in [0.25, 0.3) is 0 Å². The number of hydrogen-bond acceptors (Lipinski definition) is 4. The minimum absolute atomic E-state index is 0.527. The van der Waals surface area contributed by atoms with Gasteiger partial charge in [0.15, 0.2) is 0 Å². The van der Waals surface area contributed by atoms with Gasteiger partial charge in [-0.15, -0.1) is 12.6 Å². The largest absolute Gasteiger partial charge is 0.387 e. The number of aliphatic hydroxyl groups excluding tert-OH is 1. The molecule has 0 saturated heterocycles. The van der Waals surface area contributed by atoms with Crippen LogP contribution in [0.5, 0.6) is 0 Å². The summed E-state index contributed by atoms with van der Waals surface area (Å²) in [4.78, 5) is 6.64. The van der Waals surface area contributed by atoms with Crippen LogP contribution in [0.15, 0.2) is 63.2 Å². The van der Waals surface area contributed by atoms with Crippen molar-refractivity contribution >= 4 is 41.5 Å². The quantitative estimate of drug-likeness (QED) is 0.317. The summed E-state index contributed by atoms with van der Waals surface area (Å²) in [6, 6.07) is 7.82. The second-order valence-electron chi connectivity index (χ2n) is 9.17. The Hall–Kier alpha value is -1.04. The molecule has 1 aromatic rings. The van der Waals surface area contributed by atoms with E-state index in [1.807, 2.05) is 31.2 Å². The van der Waals surface area contributed by atoms with Crippen LogP contribution in [0, 0.1) is 0 Å². The molecular weight excluding hydrogens is 471 g/mol. The number of rotatable bonds is 11. The van der Waals surface area contributed by atoms with Crippen LogP contribution in [-0.4, -0.2) is 46.3 Å². The van der Waals surface area contributed by atoms with Crippen LogP contribution in [0.3, 0.4) is 0 Å². The minimum atomic E-state index is -0.763. The molecule has 0 fully saturated rings. The van der Waals surface area contributed by atoms with E-state index in [1.165, 1.54) is 0 Å². The van der Waals surface area contributed by atoms with Gasteiger partial charge in [-0.2, -0.15) is 0 Å². The lowest BCUT2D eigenvalue weighted by Crippen LogP contribution is -2.40. The van der Waals surface area contributed by atoms with E-state index in [4.69, 9.17) is 40.8 Å². The fraction of sp³-hybridized carbons (Fsp3) is 0.519. The Morgan fingerprint density at radius 2 is 1.73 bits per heavy atom. The number of aliphatic hydroxyl groups is 1. The molecular formula is C27H36Cl2N2OS. The van der Waals surface area contributed by atoms with Crippen LogP contribution in [0.4, 0.5) is 0 Å². The highest BCUT2D eigenvalue weighted by Gasteiger charge is 2.40. The van der Waals surface area contributed by atoms with Crippen LogP contribution < -0.4 is 0 Å². The first kappa shape index (κ1) is 26.6. The van der Waals surface area contributed by atoms with E-state index in [0.29, 0.717) is 24.4 Å². The zero-order valence-corrected chi connectivity index (χ0v) is 22.4. The van der Waals surface area contributed by atoms with Crippen LogP contribution in [0.2, 0.25) is 5.02 Å². The summed E-state index contributed by atoms with van der Waals surface area (Å²) in [6.07, 6.45) is 9.24. The Kier molecular flexibility index (Phi) is 9.72. The summed E-state index contributed by atoms with van der Waals surface area (Å²) < 4.78 is 0. The summed E-state index contributed by atoms with van der Waals surface area (Å²) in [6.45, 7) is 9.04. The summed E-state index contributed by atoms with van der Waals surface area (Å²) in [5.74, 6) is 0. The Morgan fingerprint density at radius 1 is 1.09 bits per heavy atom. The van der Waals surface area contributed by atoms with Crippen molar-refractivity contribution in [2.45, 2.75) is 70.3 Å². The first-order valence-electron chi connectivity index (χ1n) is 12.0. The maximum atomic E-state index is 11.5. The predicted octanol–water partition coefficient (Wildman–Crippen LogP) is 7.00. The molecule has 1 aliphatic heterocycles. The molecule has 6 heteroatoms. The lowest BCUT2D eigenvalue weighted by molar-refractivity contribution is 0.136. The van der Waals surface area contributed by atoms with E-state index in [1.54, 1.807) is 0 Å². The summed E-state index contributed by atoms with van der Waals surface area (Å²) >= 11 is 17.6. The number of fused-ring (bicyclic) bond motifs is 1. The van der Waals surface area contributed by atoms with Gasteiger partial charge < -0.3 is 10.0 Å². The maximum Gasteiger partial charge on any atom is 0.134 e. The molecule has 0 spiro atoms. The Labute approximate surface area is 214 Å². The SMILES string of the molecule is CCCCN(CCCC)CC(O)C1=CC(Cc2ccc(Cl)cc2)=NC2(S)CC(Cl)=C(C)C=C12. The third-order valence-corrected chi connectivity index (χ3v) is 7.51. The summed E-state index contributed by atoms with van der Waals surface area (Å²) in [7, 11) is 0. The van der Waals surface area contributed by atoms with Gasteiger partial charge in [0.1, 0.15) is 4.87 Å². The second-order valence-corrected chi connectivity index (χ2v) is 10.8. The number of aliphatic imine (C=N–C) groups is 1. The highest BCUT2D eigenvalue weighted by molar-refractivity contribution is 7.82. The van der Waals surface area contributed by atoms with Crippen molar-refractivity contribution in [1.29, 1.82) is 0 Å². The molecule has 2 atom stereocenters. The zero-order chi connectivity index (χ0) is 24.0. The van der Waals surface area contributed by atoms with Crippen LogP contribution in [0.25, 0.3) is 0 Å². The van der Waals surface area contributed by atoms with Gasteiger partial charge in [0, 0.05) is 35.2 Å². The molecule has 33 heavy (non-hydrogen) atoms. The highest BCUT2D eigenvalue weighted by Crippen LogP contribution is 2.46. The summed E-state index contributed by atoms with van der Waals surface area (Å²) in [5.41, 5.74) is 4.90. The molecule has 3 nitrogen and oxygen atoms in total. The average Bonchev–Trinajstić information content (AvgIpc) is 2.77. The van der Waals surface area contributed by atoms with Crippen molar-refractivity contribution in [2.24, 2.45) is 4.99 Å². The lowest BCUT2D eigenvalue weighted by Gasteiger charge is -2.38. The van der Waals surface area contributed by atoms with Gasteiger partial charge in [0.2, 0.25) is 0 Å². The van der Waals surface area contributed by atoms with Gasteiger partial charge in [-0.1, -0.05) is 68.1 Å². The van der Waals surface area contributed by atoms with E-state index in [9.17, 15) is 5.11 Å². The van der Waals surface area contributed by atoms with E-state index in [-0.39, 0.29) is 0 Å². The third kappa shape index (κ3) is 6.99. The zero-order valence-electron chi connectivity index (χ0n) is 20.0. The van der Waals surface area contributed by atoms with Gasteiger partial charge in [-0.05, 0) is 73.3 Å². The molecule has 1 N–H and O–H groups in total. The second kappa shape index (κ2) is 12.1. The number of thiol groups is 1.